The lowest BCUT2D eigenvalue weighted by atomic mass is 10.1. The SMILES string of the molecule is C=CC(=O)N[C@@H]1CCCN(c2ncc(Nc3ccc(-c4cc5c(N6CCOCC6)ncnc5[nH]4)cc3)c(C)n2)C1. The third-order valence-electron chi connectivity index (χ3n) is 7.39. The zero-order valence-corrected chi connectivity index (χ0v) is 22.6. The number of piperidine rings is 1. The molecule has 1 atom stereocenters. The minimum atomic E-state index is -0.148. The van der Waals surface area contributed by atoms with E-state index in [0.29, 0.717) is 25.7 Å². The van der Waals surface area contributed by atoms with Gasteiger partial charge in [-0.05, 0) is 49.6 Å². The molecule has 2 aliphatic heterocycles. The highest BCUT2D eigenvalue weighted by Crippen LogP contribution is 2.30. The quantitative estimate of drug-likeness (QED) is 0.302. The molecule has 0 aliphatic carbocycles. The van der Waals surface area contributed by atoms with Crippen molar-refractivity contribution < 1.29 is 9.53 Å². The Morgan fingerprint density at radius 1 is 1.12 bits per heavy atom. The number of morpholine rings is 1. The van der Waals surface area contributed by atoms with Crippen LogP contribution in [-0.4, -0.2) is 76.3 Å². The number of nitrogens with zero attached hydrogens (tertiary/aromatic N) is 6. The summed E-state index contributed by atoms with van der Waals surface area (Å²) in [6.07, 6.45) is 6.64. The topological polar surface area (TPSA) is 124 Å². The van der Waals surface area contributed by atoms with Gasteiger partial charge in [-0.25, -0.2) is 19.9 Å². The molecule has 2 aliphatic rings. The second-order valence-electron chi connectivity index (χ2n) is 10.1. The van der Waals surface area contributed by atoms with Crippen molar-refractivity contribution in [2.75, 3.05) is 54.5 Å². The van der Waals surface area contributed by atoms with E-state index in [2.05, 4.69) is 65.1 Å². The summed E-state index contributed by atoms with van der Waals surface area (Å²) in [5.41, 5.74) is 5.52. The molecule has 3 N–H and O–H groups in total. The van der Waals surface area contributed by atoms with Crippen molar-refractivity contribution >= 4 is 40.1 Å². The number of rotatable bonds is 7. The Balaban J connectivity index is 1.14. The van der Waals surface area contributed by atoms with Crippen molar-refractivity contribution in [1.82, 2.24) is 30.2 Å². The predicted molar refractivity (Wildman–Crippen MR) is 156 cm³/mol. The fraction of sp³-hybridized carbons (Fsp3) is 0.345. The van der Waals surface area contributed by atoms with Gasteiger partial charge in [-0.1, -0.05) is 18.7 Å². The number of fused-ring (bicyclic) bond motifs is 1. The molecule has 1 amide bonds. The smallest absolute Gasteiger partial charge is 0.243 e. The maximum Gasteiger partial charge on any atom is 0.243 e. The van der Waals surface area contributed by atoms with Crippen LogP contribution in [0.15, 0.2) is 55.5 Å². The van der Waals surface area contributed by atoms with Gasteiger partial charge in [0.2, 0.25) is 11.9 Å². The number of carbonyl (C=O) groups is 1. The molecular formula is C29H33N9O2. The summed E-state index contributed by atoms with van der Waals surface area (Å²) in [5.74, 6) is 1.47. The van der Waals surface area contributed by atoms with Crippen molar-refractivity contribution in [1.29, 1.82) is 0 Å². The van der Waals surface area contributed by atoms with Gasteiger partial charge in [-0.3, -0.25) is 4.79 Å². The van der Waals surface area contributed by atoms with E-state index >= 15 is 0 Å². The number of H-pyrrole nitrogens is 1. The molecular weight excluding hydrogens is 506 g/mol. The first-order valence-electron chi connectivity index (χ1n) is 13.6. The molecule has 4 aromatic rings. The van der Waals surface area contributed by atoms with Gasteiger partial charge >= 0.3 is 0 Å². The number of carbonyl (C=O) groups excluding carboxylic acids is 1. The molecule has 6 rings (SSSR count). The van der Waals surface area contributed by atoms with Crippen LogP contribution in [0.1, 0.15) is 18.5 Å². The van der Waals surface area contributed by atoms with Crippen LogP contribution in [0, 0.1) is 6.92 Å². The van der Waals surface area contributed by atoms with E-state index in [-0.39, 0.29) is 11.9 Å². The number of aromatic nitrogens is 5. The Morgan fingerprint density at radius 3 is 2.73 bits per heavy atom. The van der Waals surface area contributed by atoms with E-state index in [1.807, 2.05) is 25.3 Å². The number of amides is 1. The van der Waals surface area contributed by atoms with Gasteiger partial charge < -0.3 is 30.2 Å². The van der Waals surface area contributed by atoms with Gasteiger partial charge in [-0.15, -0.1) is 0 Å². The summed E-state index contributed by atoms with van der Waals surface area (Å²) in [7, 11) is 0. The molecule has 0 bridgehead atoms. The van der Waals surface area contributed by atoms with E-state index in [1.54, 1.807) is 6.33 Å². The summed E-state index contributed by atoms with van der Waals surface area (Å²) in [6.45, 7) is 10.1. The summed E-state index contributed by atoms with van der Waals surface area (Å²) in [5, 5.41) is 7.44. The second-order valence-corrected chi connectivity index (χ2v) is 10.1. The Labute approximate surface area is 232 Å². The van der Waals surface area contributed by atoms with Crippen LogP contribution in [-0.2, 0) is 9.53 Å². The van der Waals surface area contributed by atoms with Crippen molar-refractivity contribution in [3.8, 4) is 11.3 Å². The zero-order valence-electron chi connectivity index (χ0n) is 22.6. The molecule has 3 aromatic heterocycles. The van der Waals surface area contributed by atoms with Gasteiger partial charge in [0.25, 0.3) is 0 Å². The number of aromatic amines is 1. The van der Waals surface area contributed by atoms with Gasteiger partial charge in [0.05, 0.1) is 36.2 Å². The summed E-state index contributed by atoms with van der Waals surface area (Å²) in [6, 6.07) is 10.4. The minimum Gasteiger partial charge on any atom is -0.378 e. The van der Waals surface area contributed by atoms with Crippen molar-refractivity contribution in [2.45, 2.75) is 25.8 Å². The third kappa shape index (κ3) is 5.46. The summed E-state index contributed by atoms with van der Waals surface area (Å²) >= 11 is 0. The average Bonchev–Trinajstić information content (AvgIpc) is 3.44. The molecule has 206 valence electrons. The zero-order chi connectivity index (χ0) is 27.5. The number of hydrogen-bond acceptors (Lipinski definition) is 9. The van der Waals surface area contributed by atoms with Crippen molar-refractivity contribution in [3.05, 3.63) is 61.2 Å². The van der Waals surface area contributed by atoms with Crippen LogP contribution in [0.3, 0.4) is 0 Å². The van der Waals surface area contributed by atoms with Crippen molar-refractivity contribution in [3.63, 3.8) is 0 Å². The molecule has 0 spiro atoms. The standard InChI is InChI=1S/C29H33N9O2/c1-3-26(39)35-22-5-4-10-38(17-22)29-30-16-25(19(2)33-29)34-21-8-6-20(7-9-21)24-15-23-27(36-24)31-18-32-28(23)37-11-13-40-14-12-37/h3,6-9,15-16,18,22,34H,1,4-5,10-14,17H2,2H3,(H,35,39)(H,31,32,36)/t22-/m1/s1. The largest absolute Gasteiger partial charge is 0.378 e. The van der Waals surface area contributed by atoms with Gasteiger partial charge in [-0.2, -0.15) is 0 Å². The summed E-state index contributed by atoms with van der Waals surface area (Å²) < 4.78 is 5.50. The third-order valence-corrected chi connectivity index (χ3v) is 7.39. The predicted octanol–water partition coefficient (Wildman–Crippen LogP) is 3.57. The van der Waals surface area contributed by atoms with E-state index in [4.69, 9.17) is 9.72 Å². The molecule has 1 aromatic carbocycles. The molecule has 5 heterocycles. The minimum absolute atomic E-state index is 0.0646. The molecule has 0 unspecified atom stereocenters. The lowest BCUT2D eigenvalue weighted by Crippen LogP contribution is -2.48. The van der Waals surface area contributed by atoms with E-state index in [1.165, 1.54) is 6.08 Å². The van der Waals surface area contributed by atoms with Gasteiger partial charge in [0.15, 0.2) is 0 Å². The lowest BCUT2D eigenvalue weighted by molar-refractivity contribution is -0.117. The molecule has 11 nitrogen and oxygen atoms in total. The molecule has 11 heteroatoms. The van der Waals surface area contributed by atoms with Crippen LogP contribution in [0.4, 0.5) is 23.1 Å². The van der Waals surface area contributed by atoms with E-state index < -0.39 is 0 Å². The van der Waals surface area contributed by atoms with Crippen LogP contribution >= 0.6 is 0 Å². The normalized spacial score (nSPS) is 17.6. The highest BCUT2D eigenvalue weighted by Gasteiger charge is 2.23. The van der Waals surface area contributed by atoms with Crippen LogP contribution < -0.4 is 20.4 Å². The first-order chi connectivity index (χ1) is 19.6. The number of nitrogens with one attached hydrogen (secondary N) is 3. The fourth-order valence-electron chi connectivity index (χ4n) is 5.26. The van der Waals surface area contributed by atoms with E-state index in [0.717, 1.165) is 77.7 Å². The van der Waals surface area contributed by atoms with Crippen LogP contribution in [0.5, 0.6) is 0 Å². The maximum atomic E-state index is 11.7. The molecule has 0 radical (unpaired) electrons. The molecule has 40 heavy (non-hydrogen) atoms. The first-order valence-corrected chi connectivity index (χ1v) is 13.6. The Kier molecular flexibility index (Phi) is 7.28. The Hall–Kier alpha value is -4.51. The number of aryl methyl sites for hydroxylation is 1. The number of benzene rings is 1. The monoisotopic (exact) mass is 539 g/mol. The molecule has 2 fully saturated rings. The van der Waals surface area contributed by atoms with E-state index in [9.17, 15) is 4.79 Å². The number of ether oxygens (including phenoxy) is 1. The fourth-order valence-corrected chi connectivity index (χ4v) is 5.26. The average molecular weight is 540 g/mol. The second kappa shape index (κ2) is 11.3. The maximum absolute atomic E-state index is 11.7. The highest BCUT2D eigenvalue weighted by molar-refractivity contribution is 5.92. The van der Waals surface area contributed by atoms with Crippen molar-refractivity contribution in [2.24, 2.45) is 0 Å². The van der Waals surface area contributed by atoms with Gasteiger partial charge in [0.1, 0.15) is 17.8 Å². The lowest BCUT2D eigenvalue weighted by Gasteiger charge is -2.33. The van der Waals surface area contributed by atoms with Crippen LogP contribution in [0.2, 0.25) is 0 Å². The Bertz CT molecular complexity index is 1510. The highest BCUT2D eigenvalue weighted by atomic mass is 16.5. The molecule has 0 saturated carbocycles. The van der Waals surface area contributed by atoms with Gasteiger partial charge in [0, 0.05) is 43.6 Å². The van der Waals surface area contributed by atoms with Crippen LogP contribution in [0.25, 0.3) is 22.3 Å². The first kappa shape index (κ1) is 25.8. The number of hydrogen-bond donors (Lipinski definition) is 3. The Morgan fingerprint density at radius 2 is 1.95 bits per heavy atom. The molecule has 2 saturated heterocycles. The number of anilines is 4. The summed E-state index contributed by atoms with van der Waals surface area (Å²) in [4.78, 5) is 37.9.